The lowest BCUT2D eigenvalue weighted by Crippen LogP contribution is -2.31. The predicted octanol–water partition coefficient (Wildman–Crippen LogP) is 2.52. The van der Waals surface area contributed by atoms with Crippen LogP contribution in [0.5, 0.6) is 0 Å². The summed E-state index contributed by atoms with van der Waals surface area (Å²) in [5, 5.41) is 9.18. The molecule has 1 heterocycles. The molecule has 1 unspecified atom stereocenters. The number of Topliss-reactive ketones (excluding diaryl/α,β-unsaturated/α-hetero) is 1. The van der Waals surface area contributed by atoms with Crippen molar-refractivity contribution in [2.24, 2.45) is 0 Å². The van der Waals surface area contributed by atoms with E-state index >= 15 is 0 Å². The minimum absolute atomic E-state index is 0.0579. The number of carbonyl (C=O) groups excluding carboxylic acids is 1. The molecule has 5 nitrogen and oxygen atoms in total. The summed E-state index contributed by atoms with van der Waals surface area (Å²) in [6, 6.07) is 5.35. The molecular formula is C11H10ClNO4. The highest BCUT2D eigenvalue weighted by Crippen LogP contribution is 2.33. The van der Waals surface area contributed by atoms with Gasteiger partial charge in [0.1, 0.15) is 0 Å². The Bertz CT molecular complexity index is 451. The fraction of sp³-hybridized carbons (Fsp3) is 0.364. The van der Waals surface area contributed by atoms with Gasteiger partial charge in [0.15, 0.2) is 0 Å². The van der Waals surface area contributed by atoms with Crippen molar-refractivity contribution >= 4 is 23.1 Å². The van der Waals surface area contributed by atoms with Crippen LogP contribution in [0.2, 0.25) is 0 Å². The van der Waals surface area contributed by atoms with E-state index in [0.29, 0.717) is 18.6 Å². The fourth-order valence-corrected chi connectivity index (χ4v) is 2.05. The van der Waals surface area contributed by atoms with E-state index in [2.05, 4.69) is 0 Å². The van der Waals surface area contributed by atoms with Gasteiger partial charge in [0.25, 0.3) is 5.69 Å². The first-order valence-corrected chi connectivity index (χ1v) is 5.53. The van der Waals surface area contributed by atoms with Crippen molar-refractivity contribution < 1.29 is 14.5 Å². The summed E-state index contributed by atoms with van der Waals surface area (Å²) >= 11 is 6.05. The molecule has 0 bridgehead atoms. The third-order valence-electron chi connectivity index (χ3n) is 2.65. The van der Waals surface area contributed by atoms with Crippen molar-refractivity contribution in [3.63, 3.8) is 0 Å². The smallest absolute Gasteiger partial charge is 0.269 e. The van der Waals surface area contributed by atoms with E-state index in [0.717, 1.165) is 6.42 Å². The number of hydrogen-bond donors (Lipinski definition) is 0. The highest BCUT2D eigenvalue weighted by Gasteiger charge is 2.41. The number of nitro benzene ring substituents is 1. The van der Waals surface area contributed by atoms with Gasteiger partial charge in [-0.25, -0.2) is 0 Å². The quantitative estimate of drug-likeness (QED) is 0.360. The normalized spacial score (nSPS) is 23.6. The minimum Gasteiger partial charge on any atom is -0.352 e. The van der Waals surface area contributed by atoms with Crippen molar-refractivity contribution in [2.45, 2.75) is 17.9 Å². The van der Waals surface area contributed by atoms with Gasteiger partial charge in [-0.15, -0.1) is 0 Å². The van der Waals surface area contributed by atoms with Crippen LogP contribution in [-0.2, 0) is 4.74 Å². The number of hydrogen-bond acceptors (Lipinski definition) is 4. The van der Waals surface area contributed by atoms with Crippen LogP contribution in [0.25, 0.3) is 0 Å². The molecule has 1 aromatic rings. The summed E-state index contributed by atoms with van der Waals surface area (Å²) in [5.74, 6) is -0.341. The fourth-order valence-electron chi connectivity index (χ4n) is 1.73. The Morgan fingerprint density at radius 3 is 2.53 bits per heavy atom. The molecule has 2 rings (SSSR count). The topological polar surface area (TPSA) is 69.4 Å². The van der Waals surface area contributed by atoms with E-state index < -0.39 is 9.98 Å². The second-order valence-electron chi connectivity index (χ2n) is 3.81. The molecule has 1 saturated heterocycles. The van der Waals surface area contributed by atoms with Gasteiger partial charge < -0.3 is 4.74 Å². The van der Waals surface area contributed by atoms with Gasteiger partial charge >= 0.3 is 0 Å². The standard InChI is InChI=1S/C11H10ClNO4/c12-11(6-1-7-17-11)10(14)8-2-4-9(5-3-8)13(15)16/h2-5H,1,6-7H2. The molecule has 0 N–H and O–H groups in total. The maximum atomic E-state index is 12.0. The first kappa shape index (κ1) is 12.0. The lowest BCUT2D eigenvalue weighted by Gasteiger charge is -2.18. The second-order valence-corrected chi connectivity index (χ2v) is 4.42. The average molecular weight is 256 g/mol. The van der Waals surface area contributed by atoms with Crippen LogP contribution in [0, 0.1) is 10.1 Å². The summed E-state index contributed by atoms with van der Waals surface area (Å²) in [6.45, 7) is 0.461. The van der Waals surface area contributed by atoms with Crippen LogP contribution in [0.4, 0.5) is 5.69 Å². The molecule has 1 aromatic carbocycles. The van der Waals surface area contributed by atoms with E-state index in [1.54, 1.807) is 0 Å². The average Bonchev–Trinajstić information content (AvgIpc) is 2.76. The Balaban J connectivity index is 2.22. The lowest BCUT2D eigenvalue weighted by molar-refractivity contribution is -0.384. The Morgan fingerprint density at radius 1 is 1.41 bits per heavy atom. The van der Waals surface area contributed by atoms with E-state index in [1.807, 2.05) is 0 Å². The SMILES string of the molecule is O=C(c1ccc([N+](=O)[O-])cc1)C1(Cl)CCCO1. The van der Waals surface area contributed by atoms with Crippen molar-refractivity contribution in [3.8, 4) is 0 Å². The first-order chi connectivity index (χ1) is 8.03. The lowest BCUT2D eigenvalue weighted by atomic mass is 10.0. The van der Waals surface area contributed by atoms with Crippen molar-refractivity contribution in [1.82, 2.24) is 0 Å². The van der Waals surface area contributed by atoms with Gasteiger partial charge in [-0.1, -0.05) is 11.6 Å². The number of nitro groups is 1. The summed E-state index contributed by atoms with van der Waals surface area (Å²) in [5.41, 5.74) is 0.269. The van der Waals surface area contributed by atoms with Gasteiger partial charge in [0.05, 0.1) is 4.92 Å². The highest BCUT2D eigenvalue weighted by atomic mass is 35.5. The third kappa shape index (κ3) is 2.30. The number of nitrogens with zero attached hydrogens (tertiary/aromatic N) is 1. The molecule has 0 saturated carbocycles. The number of non-ortho nitro benzene ring substituents is 1. The minimum atomic E-state index is -1.30. The van der Waals surface area contributed by atoms with Gasteiger partial charge in [0.2, 0.25) is 10.8 Å². The summed E-state index contributed by atoms with van der Waals surface area (Å²) in [6.07, 6.45) is 1.20. The van der Waals surface area contributed by atoms with Gasteiger partial charge in [-0.3, -0.25) is 14.9 Å². The molecule has 0 aromatic heterocycles. The molecule has 0 spiro atoms. The molecule has 0 amide bonds. The molecule has 0 radical (unpaired) electrons. The monoisotopic (exact) mass is 255 g/mol. The number of carbonyl (C=O) groups is 1. The maximum absolute atomic E-state index is 12.0. The van der Waals surface area contributed by atoms with Crippen molar-refractivity contribution in [1.29, 1.82) is 0 Å². The zero-order chi connectivity index (χ0) is 12.5. The van der Waals surface area contributed by atoms with Crippen molar-refractivity contribution in [3.05, 3.63) is 39.9 Å². The third-order valence-corrected chi connectivity index (χ3v) is 3.12. The Hall–Kier alpha value is -1.46. The van der Waals surface area contributed by atoms with E-state index in [1.165, 1.54) is 24.3 Å². The summed E-state index contributed by atoms with van der Waals surface area (Å²) < 4.78 is 5.22. The largest absolute Gasteiger partial charge is 0.352 e. The number of ether oxygens (including phenoxy) is 1. The molecule has 0 aliphatic carbocycles. The molecule has 17 heavy (non-hydrogen) atoms. The molecule has 1 aliphatic heterocycles. The first-order valence-electron chi connectivity index (χ1n) is 5.15. The van der Waals surface area contributed by atoms with Crippen molar-refractivity contribution in [2.75, 3.05) is 6.61 Å². The zero-order valence-corrected chi connectivity index (χ0v) is 9.64. The number of halogens is 1. The summed E-state index contributed by atoms with van der Waals surface area (Å²) in [7, 11) is 0. The second kappa shape index (κ2) is 4.43. The number of alkyl halides is 1. The molecule has 6 heteroatoms. The predicted molar refractivity (Wildman–Crippen MR) is 61.2 cm³/mol. The highest BCUT2D eigenvalue weighted by molar-refractivity contribution is 6.36. The molecular weight excluding hydrogens is 246 g/mol. The molecule has 90 valence electrons. The van der Waals surface area contributed by atoms with Gasteiger partial charge in [0, 0.05) is 30.7 Å². The van der Waals surface area contributed by atoms with Crippen LogP contribution < -0.4 is 0 Å². The van der Waals surface area contributed by atoms with Crippen LogP contribution in [0.1, 0.15) is 23.2 Å². The van der Waals surface area contributed by atoms with E-state index in [-0.39, 0.29) is 11.5 Å². The van der Waals surface area contributed by atoms with Gasteiger partial charge in [-0.05, 0) is 18.6 Å². The van der Waals surface area contributed by atoms with E-state index in [4.69, 9.17) is 16.3 Å². The summed E-state index contributed by atoms with van der Waals surface area (Å²) in [4.78, 5) is 22.0. The maximum Gasteiger partial charge on any atom is 0.269 e. The number of ketones is 1. The van der Waals surface area contributed by atoms with Crippen LogP contribution in [0.15, 0.2) is 24.3 Å². The number of benzene rings is 1. The molecule has 1 aliphatic rings. The molecule has 1 atom stereocenters. The van der Waals surface area contributed by atoms with E-state index in [9.17, 15) is 14.9 Å². The Morgan fingerprint density at radius 2 is 2.06 bits per heavy atom. The number of rotatable bonds is 3. The van der Waals surface area contributed by atoms with Crippen LogP contribution in [-0.4, -0.2) is 22.4 Å². The zero-order valence-electron chi connectivity index (χ0n) is 8.89. The Kier molecular flexibility index (Phi) is 3.13. The van der Waals surface area contributed by atoms with Gasteiger partial charge in [-0.2, -0.15) is 0 Å². The Labute approximate surface area is 102 Å². The van der Waals surface area contributed by atoms with Crippen LogP contribution in [0.3, 0.4) is 0 Å². The molecule has 1 fully saturated rings. The van der Waals surface area contributed by atoms with Crippen LogP contribution >= 0.6 is 11.6 Å².